The minimum absolute atomic E-state index is 0.513. The number of nitrogens with zero attached hydrogens (tertiary/aromatic N) is 4. The molecule has 0 bridgehead atoms. The Bertz CT molecular complexity index is 528. The van der Waals surface area contributed by atoms with Crippen LogP contribution in [0.15, 0.2) is 24.3 Å². The van der Waals surface area contributed by atoms with E-state index in [0.717, 1.165) is 30.0 Å². The number of hydrogen-bond donors (Lipinski definition) is 1. The van der Waals surface area contributed by atoms with Gasteiger partial charge in [0, 0.05) is 12.5 Å². The summed E-state index contributed by atoms with van der Waals surface area (Å²) in [6.45, 7) is 3.16. The van der Waals surface area contributed by atoms with E-state index in [4.69, 9.17) is 0 Å². The summed E-state index contributed by atoms with van der Waals surface area (Å²) in [6.07, 6.45) is 3.32. The molecule has 0 radical (unpaired) electrons. The highest BCUT2D eigenvalue weighted by Crippen LogP contribution is 2.12. The van der Waals surface area contributed by atoms with E-state index in [1.807, 2.05) is 18.2 Å². The summed E-state index contributed by atoms with van der Waals surface area (Å²) in [7, 11) is 0. The van der Waals surface area contributed by atoms with Gasteiger partial charge in [-0.3, -0.25) is 0 Å². The van der Waals surface area contributed by atoms with Crippen molar-refractivity contribution < 1.29 is 0 Å². The van der Waals surface area contributed by atoms with Crippen molar-refractivity contribution in [3.8, 4) is 5.69 Å². The lowest BCUT2D eigenvalue weighted by Gasteiger charge is -2.05. The number of aryl methyl sites for hydroxylation is 1. The summed E-state index contributed by atoms with van der Waals surface area (Å²) in [5, 5.41) is 16.2. The molecule has 0 spiro atoms. The molecular weight excluding hydrogens is 226 g/mol. The Morgan fingerprint density at radius 1 is 1.39 bits per heavy atom. The van der Waals surface area contributed by atoms with Gasteiger partial charge in [-0.05, 0) is 43.2 Å². The average molecular weight is 243 g/mol. The van der Waals surface area contributed by atoms with Crippen molar-refractivity contribution in [2.75, 3.05) is 6.54 Å². The molecule has 1 atom stereocenters. The van der Waals surface area contributed by atoms with Gasteiger partial charge in [0.2, 0.25) is 0 Å². The number of para-hydroxylation sites is 1. The van der Waals surface area contributed by atoms with Crippen molar-refractivity contribution >= 4 is 0 Å². The first-order valence-corrected chi connectivity index (χ1v) is 6.41. The van der Waals surface area contributed by atoms with Crippen molar-refractivity contribution in [1.82, 2.24) is 25.5 Å². The van der Waals surface area contributed by atoms with Crippen LogP contribution in [0.3, 0.4) is 0 Å². The number of aromatic nitrogens is 4. The van der Waals surface area contributed by atoms with Gasteiger partial charge in [0.15, 0.2) is 5.82 Å². The van der Waals surface area contributed by atoms with Crippen LogP contribution in [-0.4, -0.2) is 32.8 Å². The third-order valence-corrected chi connectivity index (χ3v) is 3.38. The topological polar surface area (TPSA) is 55.6 Å². The van der Waals surface area contributed by atoms with Crippen LogP contribution >= 0.6 is 0 Å². The van der Waals surface area contributed by atoms with Crippen molar-refractivity contribution in [3.63, 3.8) is 0 Å². The fourth-order valence-corrected chi connectivity index (χ4v) is 2.37. The lowest BCUT2D eigenvalue weighted by molar-refractivity contribution is 0.584. The summed E-state index contributed by atoms with van der Waals surface area (Å²) < 4.78 is 0. The second-order valence-electron chi connectivity index (χ2n) is 4.78. The zero-order valence-electron chi connectivity index (χ0n) is 10.5. The highest BCUT2D eigenvalue weighted by Gasteiger charge is 2.17. The molecule has 18 heavy (non-hydrogen) atoms. The van der Waals surface area contributed by atoms with E-state index >= 15 is 0 Å². The Labute approximate surface area is 106 Å². The normalized spacial score (nSPS) is 19.3. The van der Waals surface area contributed by atoms with Gasteiger partial charge in [0.1, 0.15) is 0 Å². The quantitative estimate of drug-likeness (QED) is 0.882. The van der Waals surface area contributed by atoms with Gasteiger partial charge in [-0.25, -0.2) is 0 Å². The molecule has 1 N–H and O–H groups in total. The molecule has 1 saturated heterocycles. The summed E-state index contributed by atoms with van der Waals surface area (Å²) >= 11 is 0. The molecule has 5 nitrogen and oxygen atoms in total. The van der Waals surface area contributed by atoms with Crippen molar-refractivity contribution in [2.24, 2.45) is 0 Å². The highest BCUT2D eigenvalue weighted by molar-refractivity contribution is 5.37. The molecule has 1 aromatic carbocycles. The molecular formula is C13H17N5. The van der Waals surface area contributed by atoms with E-state index < -0.39 is 0 Å². The molecule has 1 aromatic heterocycles. The number of hydrogen-bond acceptors (Lipinski definition) is 4. The van der Waals surface area contributed by atoms with Gasteiger partial charge >= 0.3 is 0 Å². The molecule has 1 aliphatic heterocycles. The van der Waals surface area contributed by atoms with Crippen LogP contribution in [0.5, 0.6) is 0 Å². The molecule has 1 unspecified atom stereocenters. The molecule has 94 valence electrons. The zero-order valence-corrected chi connectivity index (χ0v) is 10.5. The fraction of sp³-hybridized carbons (Fsp3) is 0.462. The number of nitrogens with one attached hydrogen (secondary N) is 1. The van der Waals surface area contributed by atoms with Crippen LogP contribution in [-0.2, 0) is 6.42 Å². The van der Waals surface area contributed by atoms with Crippen LogP contribution in [0.1, 0.15) is 24.2 Å². The molecule has 0 saturated carbocycles. The van der Waals surface area contributed by atoms with Gasteiger partial charge in [0.05, 0.1) is 5.69 Å². The SMILES string of the molecule is Cc1ccccc1-n1nnc(CC2CCCN2)n1. The van der Waals surface area contributed by atoms with Gasteiger partial charge < -0.3 is 5.32 Å². The maximum atomic E-state index is 4.46. The Balaban J connectivity index is 1.79. The summed E-state index contributed by atoms with van der Waals surface area (Å²) in [4.78, 5) is 1.62. The van der Waals surface area contributed by atoms with E-state index in [9.17, 15) is 0 Å². The molecule has 0 amide bonds. The first kappa shape index (κ1) is 11.3. The molecule has 1 aliphatic rings. The minimum atomic E-state index is 0.513. The highest BCUT2D eigenvalue weighted by atomic mass is 15.6. The summed E-state index contributed by atoms with van der Waals surface area (Å²) in [6, 6.07) is 8.58. The summed E-state index contributed by atoms with van der Waals surface area (Å²) in [5.41, 5.74) is 2.15. The number of tetrazole rings is 1. The Morgan fingerprint density at radius 2 is 2.28 bits per heavy atom. The van der Waals surface area contributed by atoms with Crippen LogP contribution in [0, 0.1) is 6.92 Å². The molecule has 0 aliphatic carbocycles. The van der Waals surface area contributed by atoms with Crippen molar-refractivity contribution in [2.45, 2.75) is 32.2 Å². The maximum absolute atomic E-state index is 4.46. The molecule has 1 fully saturated rings. The third kappa shape index (κ3) is 2.26. The first-order chi connectivity index (χ1) is 8.83. The predicted octanol–water partition coefficient (Wildman–Crippen LogP) is 1.27. The largest absolute Gasteiger partial charge is 0.314 e. The van der Waals surface area contributed by atoms with E-state index in [0.29, 0.717) is 6.04 Å². The predicted molar refractivity (Wildman–Crippen MR) is 68.6 cm³/mol. The standard InChI is InChI=1S/C13H17N5/c1-10-5-2-3-7-12(10)18-16-13(15-17-18)9-11-6-4-8-14-11/h2-3,5,7,11,14H,4,6,8-9H2,1H3. The molecule has 3 rings (SSSR count). The lowest BCUT2D eigenvalue weighted by Crippen LogP contribution is -2.24. The number of benzene rings is 1. The second-order valence-corrected chi connectivity index (χ2v) is 4.78. The van der Waals surface area contributed by atoms with E-state index in [1.54, 1.807) is 4.80 Å². The van der Waals surface area contributed by atoms with Crippen molar-refractivity contribution in [1.29, 1.82) is 0 Å². The van der Waals surface area contributed by atoms with E-state index in [2.05, 4.69) is 33.7 Å². The van der Waals surface area contributed by atoms with Gasteiger partial charge in [-0.2, -0.15) is 0 Å². The first-order valence-electron chi connectivity index (χ1n) is 6.41. The molecule has 2 heterocycles. The number of rotatable bonds is 3. The second kappa shape index (κ2) is 4.86. The Morgan fingerprint density at radius 3 is 3.06 bits per heavy atom. The molecule has 5 heteroatoms. The van der Waals surface area contributed by atoms with Crippen molar-refractivity contribution in [3.05, 3.63) is 35.7 Å². The monoisotopic (exact) mass is 243 g/mol. The van der Waals surface area contributed by atoms with Gasteiger partial charge in [0.25, 0.3) is 0 Å². The fourth-order valence-electron chi connectivity index (χ4n) is 2.37. The van der Waals surface area contributed by atoms with Crippen LogP contribution < -0.4 is 5.32 Å². The van der Waals surface area contributed by atoms with Crippen LogP contribution in [0.25, 0.3) is 5.69 Å². The molecule has 2 aromatic rings. The van der Waals surface area contributed by atoms with Crippen LogP contribution in [0.2, 0.25) is 0 Å². The Hall–Kier alpha value is -1.75. The smallest absolute Gasteiger partial charge is 0.176 e. The lowest BCUT2D eigenvalue weighted by atomic mass is 10.1. The minimum Gasteiger partial charge on any atom is -0.314 e. The zero-order chi connectivity index (χ0) is 12.4. The van der Waals surface area contributed by atoms with Crippen LogP contribution in [0.4, 0.5) is 0 Å². The van der Waals surface area contributed by atoms with E-state index in [1.165, 1.54) is 12.8 Å². The summed E-state index contributed by atoms with van der Waals surface area (Å²) in [5.74, 6) is 0.817. The maximum Gasteiger partial charge on any atom is 0.176 e. The van der Waals surface area contributed by atoms with E-state index in [-0.39, 0.29) is 0 Å². The Kier molecular flexibility index (Phi) is 3.06. The van der Waals surface area contributed by atoms with Gasteiger partial charge in [-0.15, -0.1) is 15.0 Å². The van der Waals surface area contributed by atoms with Gasteiger partial charge in [-0.1, -0.05) is 18.2 Å². The third-order valence-electron chi connectivity index (χ3n) is 3.38. The average Bonchev–Trinajstić information content (AvgIpc) is 3.02.